The summed E-state index contributed by atoms with van der Waals surface area (Å²) in [5.74, 6) is 0.521. The minimum absolute atomic E-state index is 0.128. The van der Waals surface area contributed by atoms with Gasteiger partial charge in [-0.15, -0.1) is 11.3 Å². The van der Waals surface area contributed by atoms with Gasteiger partial charge >= 0.3 is 0 Å². The van der Waals surface area contributed by atoms with Gasteiger partial charge in [-0.25, -0.2) is 4.98 Å². The average Bonchev–Trinajstić information content (AvgIpc) is 2.93. The highest BCUT2D eigenvalue weighted by atomic mass is 35.5. The molecular weight excluding hydrogens is 344 g/mol. The Hall–Kier alpha value is -2.11. The lowest BCUT2D eigenvalue weighted by atomic mass is 9.97. The van der Waals surface area contributed by atoms with Crippen molar-refractivity contribution in [3.05, 3.63) is 56.4 Å². The van der Waals surface area contributed by atoms with Crippen molar-refractivity contribution in [1.82, 2.24) is 9.97 Å². The van der Waals surface area contributed by atoms with Crippen molar-refractivity contribution in [1.29, 1.82) is 0 Å². The molecule has 0 saturated carbocycles. The molecule has 0 unspecified atom stereocenters. The zero-order valence-corrected chi connectivity index (χ0v) is 14.4. The maximum absolute atomic E-state index is 12.5. The van der Waals surface area contributed by atoms with Gasteiger partial charge in [-0.05, 0) is 55.0 Å². The molecule has 0 aliphatic heterocycles. The van der Waals surface area contributed by atoms with Crippen molar-refractivity contribution >= 4 is 44.3 Å². The Morgan fingerprint density at radius 1 is 1.33 bits per heavy atom. The zero-order valence-electron chi connectivity index (χ0n) is 12.8. The van der Waals surface area contributed by atoms with Crippen LogP contribution in [-0.2, 0) is 12.8 Å². The number of phenols is 1. The fourth-order valence-electron chi connectivity index (χ4n) is 3.11. The first-order valence-corrected chi connectivity index (χ1v) is 9.02. The van der Waals surface area contributed by atoms with E-state index in [1.165, 1.54) is 11.3 Å². The second kappa shape index (κ2) is 6.07. The Balaban J connectivity index is 1.81. The third-order valence-corrected chi connectivity index (χ3v) is 5.69. The van der Waals surface area contributed by atoms with Crippen LogP contribution in [0.25, 0.3) is 21.3 Å². The first-order valence-electron chi connectivity index (χ1n) is 7.83. The summed E-state index contributed by atoms with van der Waals surface area (Å²) in [7, 11) is 0. The van der Waals surface area contributed by atoms with Crippen LogP contribution in [0.5, 0.6) is 5.75 Å². The summed E-state index contributed by atoms with van der Waals surface area (Å²) in [5.41, 5.74) is 1.78. The van der Waals surface area contributed by atoms with Gasteiger partial charge in [-0.1, -0.05) is 23.7 Å². The van der Waals surface area contributed by atoms with Crippen LogP contribution >= 0.6 is 22.9 Å². The monoisotopic (exact) mass is 358 g/mol. The van der Waals surface area contributed by atoms with E-state index in [-0.39, 0.29) is 11.3 Å². The van der Waals surface area contributed by atoms with Gasteiger partial charge in [0.15, 0.2) is 5.82 Å². The normalized spacial score (nSPS) is 14.8. The maximum atomic E-state index is 12.5. The number of halogens is 1. The van der Waals surface area contributed by atoms with Crippen LogP contribution in [0.15, 0.2) is 29.1 Å². The number of rotatable bonds is 2. The van der Waals surface area contributed by atoms with Crippen LogP contribution < -0.4 is 5.56 Å². The first-order chi connectivity index (χ1) is 11.6. The molecule has 0 saturated heterocycles. The van der Waals surface area contributed by atoms with E-state index in [1.807, 2.05) is 6.07 Å². The molecule has 122 valence electrons. The van der Waals surface area contributed by atoms with E-state index in [0.717, 1.165) is 40.6 Å². The van der Waals surface area contributed by atoms with Gasteiger partial charge in [-0.2, -0.15) is 0 Å². The molecule has 0 fully saturated rings. The second-order valence-corrected chi connectivity index (χ2v) is 7.38. The molecule has 6 heteroatoms. The number of phenolic OH excluding ortho intramolecular Hbond substituents is 1. The molecule has 4 rings (SSSR count). The van der Waals surface area contributed by atoms with Crippen LogP contribution in [0, 0.1) is 0 Å². The molecule has 0 spiro atoms. The number of nitrogens with one attached hydrogen (secondary N) is 1. The Labute approximate surface area is 147 Å². The van der Waals surface area contributed by atoms with Crippen molar-refractivity contribution < 1.29 is 5.11 Å². The Morgan fingerprint density at radius 3 is 3.00 bits per heavy atom. The third-order valence-electron chi connectivity index (χ3n) is 4.21. The molecule has 1 aliphatic carbocycles. The van der Waals surface area contributed by atoms with Crippen molar-refractivity contribution in [2.75, 3.05) is 0 Å². The van der Waals surface area contributed by atoms with Crippen LogP contribution in [-0.4, -0.2) is 15.1 Å². The van der Waals surface area contributed by atoms with E-state index in [1.54, 1.807) is 35.6 Å². The summed E-state index contributed by atoms with van der Waals surface area (Å²) in [5, 5.41) is 10.6. The molecule has 24 heavy (non-hydrogen) atoms. The summed E-state index contributed by atoms with van der Waals surface area (Å²) in [6, 6.07) is 6.75. The van der Waals surface area contributed by atoms with Gasteiger partial charge in [0.2, 0.25) is 0 Å². The number of aromatic nitrogens is 2. The lowest BCUT2D eigenvalue weighted by molar-refractivity contribution is 0.475. The van der Waals surface area contributed by atoms with Crippen molar-refractivity contribution in [2.45, 2.75) is 25.7 Å². The molecule has 2 heterocycles. The average molecular weight is 359 g/mol. The summed E-state index contributed by atoms with van der Waals surface area (Å²) < 4.78 is 0. The first kappa shape index (κ1) is 15.4. The molecule has 1 aromatic carbocycles. The van der Waals surface area contributed by atoms with Crippen LogP contribution in [0.2, 0.25) is 0 Å². The number of aromatic hydroxyl groups is 1. The standard InChI is InChI=1S/C18H15ClN2O2S/c19-13(9-10-4-3-5-11(22)8-10)16-20-17(23)15-12-6-1-2-7-14(12)24-18(15)21-16/h3-5,8-9,22H,1-2,6-7H2,(H,20,21,23)/b13-9-. The van der Waals surface area contributed by atoms with E-state index >= 15 is 0 Å². The number of thiophene rings is 1. The van der Waals surface area contributed by atoms with Gasteiger partial charge in [0.1, 0.15) is 10.6 Å². The number of H-pyrrole nitrogens is 1. The number of aryl methyl sites for hydroxylation is 2. The summed E-state index contributed by atoms with van der Waals surface area (Å²) in [6.07, 6.45) is 5.95. The van der Waals surface area contributed by atoms with E-state index in [4.69, 9.17) is 11.6 Å². The van der Waals surface area contributed by atoms with Gasteiger partial charge in [0.05, 0.1) is 10.4 Å². The largest absolute Gasteiger partial charge is 0.508 e. The third kappa shape index (κ3) is 2.74. The molecule has 2 N–H and O–H groups in total. The summed E-state index contributed by atoms with van der Waals surface area (Å²) in [4.78, 5) is 21.9. The SMILES string of the molecule is O=c1[nH]c(/C(Cl)=C/c2cccc(O)c2)nc2sc3c(c12)CCCC3. The van der Waals surface area contributed by atoms with Crippen LogP contribution in [0.1, 0.15) is 34.7 Å². The number of hydrogen-bond acceptors (Lipinski definition) is 4. The molecule has 2 aromatic heterocycles. The molecule has 4 nitrogen and oxygen atoms in total. The second-order valence-electron chi connectivity index (χ2n) is 5.89. The zero-order chi connectivity index (χ0) is 16.7. The van der Waals surface area contributed by atoms with Gasteiger partial charge in [-0.3, -0.25) is 4.79 Å². The highest BCUT2D eigenvalue weighted by Gasteiger charge is 2.20. The lowest BCUT2D eigenvalue weighted by Gasteiger charge is -2.09. The number of fused-ring (bicyclic) bond motifs is 3. The number of hydrogen-bond donors (Lipinski definition) is 2. The minimum Gasteiger partial charge on any atom is -0.508 e. The summed E-state index contributed by atoms with van der Waals surface area (Å²) in [6.45, 7) is 0. The van der Waals surface area contributed by atoms with Crippen LogP contribution in [0.3, 0.4) is 0 Å². The van der Waals surface area contributed by atoms with Gasteiger partial charge in [0.25, 0.3) is 5.56 Å². The highest BCUT2D eigenvalue weighted by molar-refractivity contribution is 7.18. The quantitative estimate of drug-likeness (QED) is 0.717. The molecule has 0 radical (unpaired) electrons. The lowest BCUT2D eigenvalue weighted by Crippen LogP contribution is -2.12. The van der Waals surface area contributed by atoms with Crippen molar-refractivity contribution in [2.24, 2.45) is 0 Å². The molecule has 3 aromatic rings. The fraction of sp³-hybridized carbons (Fsp3) is 0.222. The number of nitrogens with zero attached hydrogens (tertiary/aromatic N) is 1. The van der Waals surface area contributed by atoms with Gasteiger partial charge in [0, 0.05) is 4.88 Å². The number of benzene rings is 1. The van der Waals surface area contributed by atoms with E-state index in [9.17, 15) is 9.90 Å². The predicted molar refractivity (Wildman–Crippen MR) is 98.7 cm³/mol. The number of aromatic amines is 1. The highest BCUT2D eigenvalue weighted by Crippen LogP contribution is 2.34. The molecule has 1 aliphatic rings. The van der Waals surface area contributed by atoms with Gasteiger partial charge < -0.3 is 10.1 Å². The topological polar surface area (TPSA) is 66.0 Å². The smallest absolute Gasteiger partial charge is 0.260 e. The van der Waals surface area contributed by atoms with Crippen LogP contribution in [0.4, 0.5) is 0 Å². The molecule has 0 bridgehead atoms. The molecule has 0 atom stereocenters. The molecule has 0 amide bonds. The fourth-order valence-corrected chi connectivity index (χ4v) is 4.58. The Morgan fingerprint density at radius 2 is 2.17 bits per heavy atom. The van der Waals surface area contributed by atoms with E-state index in [0.29, 0.717) is 10.9 Å². The predicted octanol–water partition coefficient (Wildman–Crippen LogP) is 4.31. The van der Waals surface area contributed by atoms with Crippen molar-refractivity contribution in [3.8, 4) is 5.75 Å². The van der Waals surface area contributed by atoms with E-state index in [2.05, 4.69) is 9.97 Å². The molecular formula is C18H15ClN2O2S. The summed E-state index contributed by atoms with van der Waals surface area (Å²) >= 11 is 7.94. The maximum Gasteiger partial charge on any atom is 0.260 e. The Bertz CT molecular complexity index is 1020. The minimum atomic E-state index is -0.128. The van der Waals surface area contributed by atoms with E-state index < -0.39 is 0 Å². The van der Waals surface area contributed by atoms with Crippen molar-refractivity contribution in [3.63, 3.8) is 0 Å². The Kier molecular flexibility index (Phi) is 3.90.